The topological polar surface area (TPSA) is 131 Å². The van der Waals surface area contributed by atoms with Crippen LogP contribution >= 0.6 is 0 Å². The van der Waals surface area contributed by atoms with E-state index < -0.39 is 11.6 Å². The zero-order chi connectivity index (χ0) is 21.3. The SMILES string of the molecule is CC(C)(C)OC(=O)COc1ccc(-n2c(-c3nonc3N)nc3cnccc32)cc1. The maximum absolute atomic E-state index is 11.8. The molecular weight excluding hydrogens is 388 g/mol. The minimum atomic E-state index is -0.560. The van der Waals surface area contributed by atoms with Crippen LogP contribution < -0.4 is 10.5 Å². The second-order valence-corrected chi connectivity index (χ2v) is 7.50. The summed E-state index contributed by atoms with van der Waals surface area (Å²) >= 11 is 0. The Bertz CT molecular complexity index is 1190. The molecule has 0 aliphatic rings. The van der Waals surface area contributed by atoms with Crippen LogP contribution in [-0.2, 0) is 9.53 Å². The molecule has 1 aromatic carbocycles. The number of hydrogen-bond acceptors (Lipinski definition) is 9. The van der Waals surface area contributed by atoms with Crippen molar-refractivity contribution < 1.29 is 18.9 Å². The molecule has 0 bridgehead atoms. The van der Waals surface area contributed by atoms with Crippen LogP contribution in [0.15, 0.2) is 47.4 Å². The molecule has 0 fully saturated rings. The predicted molar refractivity (Wildman–Crippen MR) is 108 cm³/mol. The molecule has 0 unspecified atom stereocenters. The minimum Gasteiger partial charge on any atom is -0.482 e. The van der Waals surface area contributed by atoms with Crippen LogP contribution in [0.3, 0.4) is 0 Å². The van der Waals surface area contributed by atoms with Crippen molar-refractivity contribution in [2.45, 2.75) is 26.4 Å². The van der Waals surface area contributed by atoms with Gasteiger partial charge in [-0.15, -0.1) is 0 Å². The Kier molecular flexibility index (Phi) is 4.82. The Morgan fingerprint density at radius 2 is 1.93 bits per heavy atom. The molecule has 10 nitrogen and oxygen atoms in total. The Hall–Kier alpha value is -3.95. The zero-order valence-electron chi connectivity index (χ0n) is 16.7. The van der Waals surface area contributed by atoms with E-state index in [1.165, 1.54) is 0 Å². The molecule has 0 saturated heterocycles. The maximum Gasteiger partial charge on any atom is 0.344 e. The highest BCUT2D eigenvalue weighted by Crippen LogP contribution is 2.30. The standard InChI is InChI=1S/C20H20N6O4/c1-20(2,3)29-16(27)11-28-13-6-4-12(5-7-13)26-15-8-9-22-10-14(15)23-19(26)17-18(21)25-30-24-17/h4-10H,11H2,1-3H3,(H2,21,25). The highest BCUT2D eigenvalue weighted by Gasteiger charge is 2.20. The van der Waals surface area contributed by atoms with Crippen LogP contribution in [0.5, 0.6) is 5.75 Å². The zero-order valence-corrected chi connectivity index (χ0v) is 16.7. The summed E-state index contributed by atoms with van der Waals surface area (Å²) < 4.78 is 17.4. The van der Waals surface area contributed by atoms with E-state index in [2.05, 4.69) is 20.3 Å². The van der Waals surface area contributed by atoms with Gasteiger partial charge in [0, 0.05) is 11.9 Å². The van der Waals surface area contributed by atoms with Crippen molar-refractivity contribution >= 4 is 22.8 Å². The number of nitrogens with zero attached hydrogens (tertiary/aromatic N) is 5. The Morgan fingerprint density at radius 1 is 1.17 bits per heavy atom. The lowest BCUT2D eigenvalue weighted by Crippen LogP contribution is -2.27. The number of nitrogens with two attached hydrogens (primary N) is 1. The first kappa shape index (κ1) is 19.4. The van der Waals surface area contributed by atoms with Gasteiger partial charge in [-0.1, -0.05) is 0 Å². The fraction of sp³-hybridized carbons (Fsp3) is 0.250. The van der Waals surface area contributed by atoms with E-state index in [4.69, 9.17) is 19.8 Å². The third-order valence-corrected chi connectivity index (χ3v) is 4.05. The smallest absolute Gasteiger partial charge is 0.344 e. The number of anilines is 1. The second-order valence-electron chi connectivity index (χ2n) is 7.50. The van der Waals surface area contributed by atoms with Crippen molar-refractivity contribution in [3.8, 4) is 23.0 Å². The van der Waals surface area contributed by atoms with Crippen molar-refractivity contribution in [2.24, 2.45) is 0 Å². The molecule has 2 N–H and O–H groups in total. The first-order chi connectivity index (χ1) is 14.3. The van der Waals surface area contributed by atoms with E-state index in [1.54, 1.807) is 45.3 Å². The van der Waals surface area contributed by atoms with E-state index in [0.717, 1.165) is 11.2 Å². The summed E-state index contributed by atoms with van der Waals surface area (Å²) in [6, 6.07) is 9.00. The average Bonchev–Trinajstić information content (AvgIpc) is 3.28. The molecule has 0 saturated carbocycles. The predicted octanol–water partition coefficient (Wildman–Crippen LogP) is 2.77. The second kappa shape index (κ2) is 7.47. The third kappa shape index (κ3) is 3.93. The molecule has 0 aliphatic heterocycles. The fourth-order valence-corrected chi connectivity index (χ4v) is 2.91. The molecule has 0 radical (unpaired) electrons. The van der Waals surface area contributed by atoms with Gasteiger partial charge < -0.3 is 15.2 Å². The van der Waals surface area contributed by atoms with Crippen molar-refractivity contribution in [3.63, 3.8) is 0 Å². The fourth-order valence-electron chi connectivity index (χ4n) is 2.91. The number of aromatic nitrogens is 5. The van der Waals surface area contributed by atoms with E-state index in [0.29, 0.717) is 22.8 Å². The Balaban J connectivity index is 1.63. The van der Waals surface area contributed by atoms with Gasteiger partial charge in [0.2, 0.25) is 0 Å². The van der Waals surface area contributed by atoms with Crippen LogP contribution in [0.1, 0.15) is 20.8 Å². The normalized spacial score (nSPS) is 11.6. The number of fused-ring (bicyclic) bond motifs is 1. The van der Waals surface area contributed by atoms with Gasteiger partial charge in [-0.25, -0.2) is 14.4 Å². The Labute approximate surface area is 171 Å². The van der Waals surface area contributed by atoms with Gasteiger partial charge in [0.05, 0.1) is 11.7 Å². The molecule has 30 heavy (non-hydrogen) atoms. The molecule has 3 aromatic heterocycles. The van der Waals surface area contributed by atoms with Crippen molar-refractivity contribution in [1.29, 1.82) is 0 Å². The Morgan fingerprint density at radius 3 is 2.60 bits per heavy atom. The molecule has 3 heterocycles. The summed E-state index contributed by atoms with van der Waals surface area (Å²) in [5.41, 5.74) is 7.91. The molecule has 4 rings (SSSR count). The summed E-state index contributed by atoms with van der Waals surface area (Å²) in [4.78, 5) is 20.5. The minimum absolute atomic E-state index is 0.136. The van der Waals surface area contributed by atoms with Crippen LogP contribution in [0.2, 0.25) is 0 Å². The van der Waals surface area contributed by atoms with Gasteiger partial charge in [0.1, 0.15) is 16.9 Å². The lowest BCUT2D eigenvalue weighted by Gasteiger charge is -2.19. The maximum atomic E-state index is 11.8. The summed E-state index contributed by atoms with van der Waals surface area (Å²) in [6.45, 7) is 5.24. The first-order valence-electron chi connectivity index (χ1n) is 9.18. The summed E-state index contributed by atoms with van der Waals surface area (Å²) in [7, 11) is 0. The van der Waals surface area contributed by atoms with Crippen LogP contribution in [0.25, 0.3) is 28.2 Å². The number of esters is 1. The monoisotopic (exact) mass is 408 g/mol. The van der Waals surface area contributed by atoms with E-state index in [9.17, 15) is 4.79 Å². The van der Waals surface area contributed by atoms with E-state index in [1.807, 2.05) is 22.8 Å². The number of pyridine rings is 1. The molecule has 0 spiro atoms. The first-order valence-corrected chi connectivity index (χ1v) is 9.18. The van der Waals surface area contributed by atoms with Gasteiger partial charge in [-0.3, -0.25) is 9.55 Å². The molecule has 154 valence electrons. The van der Waals surface area contributed by atoms with Gasteiger partial charge in [-0.05, 0) is 61.4 Å². The highest BCUT2D eigenvalue weighted by molar-refractivity contribution is 5.83. The molecule has 4 aromatic rings. The molecular formula is C20H20N6O4. The summed E-state index contributed by atoms with van der Waals surface area (Å²) in [6.07, 6.45) is 3.32. The number of rotatable bonds is 5. The van der Waals surface area contributed by atoms with Crippen LogP contribution in [-0.4, -0.2) is 43.0 Å². The van der Waals surface area contributed by atoms with Crippen molar-refractivity contribution in [1.82, 2.24) is 24.8 Å². The number of imidazole rings is 1. The van der Waals surface area contributed by atoms with Gasteiger partial charge in [0.15, 0.2) is 23.9 Å². The number of nitrogen functional groups attached to an aromatic ring is 1. The summed E-state index contributed by atoms with van der Waals surface area (Å²) in [5, 5.41) is 7.51. The van der Waals surface area contributed by atoms with Crippen LogP contribution in [0, 0.1) is 0 Å². The number of carbonyl (C=O) groups is 1. The number of hydrogen-bond donors (Lipinski definition) is 1. The molecule has 0 amide bonds. The van der Waals surface area contributed by atoms with Crippen molar-refractivity contribution in [3.05, 3.63) is 42.7 Å². The van der Waals surface area contributed by atoms with Crippen molar-refractivity contribution in [2.75, 3.05) is 12.3 Å². The number of benzene rings is 1. The lowest BCUT2D eigenvalue weighted by molar-refractivity contribution is -0.157. The largest absolute Gasteiger partial charge is 0.482 e. The van der Waals surface area contributed by atoms with Gasteiger partial charge >= 0.3 is 5.97 Å². The molecule has 10 heteroatoms. The van der Waals surface area contributed by atoms with Gasteiger partial charge in [-0.2, -0.15) is 0 Å². The average molecular weight is 408 g/mol. The number of carbonyl (C=O) groups excluding carboxylic acids is 1. The molecule has 0 aliphatic carbocycles. The number of ether oxygens (including phenoxy) is 2. The molecule has 0 atom stereocenters. The van der Waals surface area contributed by atoms with Crippen LogP contribution in [0.4, 0.5) is 5.82 Å². The third-order valence-electron chi connectivity index (χ3n) is 4.05. The van der Waals surface area contributed by atoms with Gasteiger partial charge in [0.25, 0.3) is 0 Å². The summed E-state index contributed by atoms with van der Waals surface area (Å²) in [5.74, 6) is 0.701. The quantitative estimate of drug-likeness (QED) is 0.495. The lowest BCUT2D eigenvalue weighted by atomic mass is 10.2. The highest BCUT2D eigenvalue weighted by atomic mass is 16.6. The van der Waals surface area contributed by atoms with E-state index >= 15 is 0 Å². The van der Waals surface area contributed by atoms with E-state index in [-0.39, 0.29) is 12.4 Å².